The monoisotopic (exact) mass is 406 g/mol. The zero-order valence-corrected chi connectivity index (χ0v) is 16.6. The number of carbonyl (C=O) groups is 1. The predicted octanol–water partition coefficient (Wildman–Crippen LogP) is 6.77. The smallest absolute Gasteiger partial charge is 0.257 e. The molecule has 0 aliphatic rings. The van der Waals surface area contributed by atoms with Crippen LogP contribution in [-0.2, 0) is 0 Å². The molecule has 0 aliphatic carbocycles. The van der Waals surface area contributed by atoms with E-state index in [0.29, 0.717) is 27.0 Å². The minimum atomic E-state index is -0.313. The van der Waals surface area contributed by atoms with Crippen molar-refractivity contribution in [2.45, 2.75) is 6.92 Å². The van der Waals surface area contributed by atoms with E-state index in [9.17, 15) is 4.79 Å². The van der Waals surface area contributed by atoms with E-state index in [1.165, 1.54) is 0 Å². The van der Waals surface area contributed by atoms with Crippen molar-refractivity contribution in [3.63, 3.8) is 0 Å². The quantitative estimate of drug-likeness (QED) is 0.407. The number of hydrogen-bond acceptors (Lipinski definition) is 2. The molecule has 4 aromatic rings. The van der Waals surface area contributed by atoms with E-state index >= 15 is 0 Å². The van der Waals surface area contributed by atoms with Gasteiger partial charge in [-0.3, -0.25) is 4.79 Å². The minimum absolute atomic E-state index is 0.302. The second-order valence-corrected chi connectivity index (χ2v) is 7.37. The molecular weight excluding hydrogens is 391 g/mol. The second-order valence-electron chi connectivity index (χ2n) is 6.52. The molecule has 5 heteroatoms. The molecule has 1 amide bonds. The molecule has 28 heavy (non-hydrogen) atoms. The number of carbonyl (C=O) groups excluding carboxylic acids is 1. The standard InChI is InChI=1S/C23H16Cl2N2O/c1-14-6-8-15(9-7-14)22-21(12-16-4-2-3-5-20(16)26-22)27-23(28)18-11-10-17(24)13-19(18)25/h2-13H,1H3,(H,27,28). The molecule has 0 saturated carbocycles. The van der Waals surface area contributed by atoms with Gasteiger partial charge in [-0.25, -0.2) is 4.98 Å². The van der Waals surface area contributed by atoms with Crippen LogP contribution in [0.5, 0.6) is 0 Å². The molecule has 0 radical (unpaired) electrons. The van der Waals surface area contributed by atoms with Crippen LogP contribution in [0.1, 0.15) is 15.9 Å². The van der Waals surface area contributed by atoms with Gasteiger partial charge in [-0.2, -0.15) is 0 Å². The summed E-state index contributed by atoms with van der Waals surface area (Å²) in [4.78, 5) is 17.6. The van der Waals surface area contributed by atoms with Gasteiger partial charge in [0.15, 0.2) is 0 Å². The first-order valence-electron chi connectivity index (χ1n) is 8.74. The number of aryl methyl sites for hydroxylation is 1. The van der Waals surface area contributed by atoms with Crippen LogP contribution in [0.25, 0.3) is 22.2 Å². The maximum absolute atomic E-state index is 12.9. The number of amides is 1. The molecule has 0 fully saturated rings. The minimum Gasteiger partial charge on any atom is -0.320 e. The Morgan fingerprint density at radius 1 is 0.929 bits per heavy atom. The van der Waals surface area contributed by atoms with Crippen LogP contribution >= 0.6 is 23.2 Å². The topological polar surface area (TPSA) is 42.0 Å². The molecule has 0 spiro atoms. The average molecular weight is 407 g/mol. The molecule has 1 heterocycles. The number of nitrogens with one attached hydrogen (secondary N) is 1. The van der Waals surface area contributed by atoms with E-state index in [1.807, 2.05) is 61.5 Å². The summed E-state index contributed by atoms with van der Waals surface area (Å²) in [6, 6.07) is 22.6. The third-order valence-electron chi connectivity index (χ3n) is 4.47. The van der Waals surface area contributed by atoms with Gasteiger partial charge in [0.05, 0.1) is 27.5 Å². The van der Waals surface area contributed by atoms with Gasteiger partial charge in [0.25, 0.3) is 5.91 Å². The van der Waals surface area contributed by atoms with Crippen LogP contribution in [0.15, 0.2) is 72.8 Å². The molecule has 0 saturated heterocycles. The van der Waals surface area contributed by atoms with Gasteiger partial charge in [0.1, 0.15) is 0 Å². The molecule has 0 bridgehead atoms. The SMILES string of the molecule is Cc1ccc(-c2nc3ccccc3cc2NC(=O)c2ccc(Cl)cc2Cl)cc1. The van der Waals surface area contributed by atoms with Gasteiger partial charge in [0, 0.05) is 16.0 Å². The Morgan fingerprint density at radius 2 is 1.68 bits per heavy atom. The number of anilines is 1. The molecule has 1 aromatic heterocycles. The van der Waals surface area contributed by atoms with Crippen LogP contribution < -0.4 is 5.32 Å². The van der Waals surface area contributed by atoms with Crippen molar-refractivity contribution in [3.05, 3.63) is 94.0 Å². The lowest BCUT2D eigenvalue weighted by molar-refractivity contribution is 0.102. The van der Waals surface area contributed by atoms with Crippen molar-refractivity contribution in [3.8, 4) is 11.3 Å². The van der Waals surface area contributed by atoms with E-state index in [2.05, 4.69) is 5.32 Å². The number of nitrogens with zero attached hydrogens (tertiary/aromatic N) is 1. The van der Waals surface area contributed by atoms with Gasteiger partial charge in [-0.05, 0) is 37.3 Å². The summed E-state index contributed by atoms with van der Waals surface area (Å²) in [5, 5.41) is 4.69. The number of halogens is 2. The molecule has 3 nitrogen and oxygen atoms in total. The lowest BCUT2D eigenvalue weighted by Gasteiger charge is -2.13. The van der Waals surface area contributed by atoms with Gasteiger partial charge >= 0.3 is 0 Å². The predicted molar refractivity (Wildman–Crippen MR) is 116 cm³/mol. The van der Waals surface area contributed by atoms with Gasteiger partial charge in [-0.15, -0.1) is 0 Å². The van der Waals surface area contributed by atoms with Crippen molar-refractivity contribution in [2.75, 3.05) is 5.32 Å². The third kappa shape index (κ3) is 3.72. The van der Waals surface area contributed by atoms with E-state index < -0.39 is 0 Å². The number of pyridine rings is 1. The summed E-state index contributed by atoms with van der Waals surface area (Å²) < 4.78 is 0. The van der Waals surface area contributed by atoms with Crippen LogP contribution in [0.3, 0.4) is 0 Å². The summed E-state index contributed by atoms with van der Waals surface area (Å²) in [7, 11) is 0. The highest BCUT2D eigenvalue weighted by atomic mass is 35.5. The first kappa shape index (κ1) is 18.5. The Hall–Kier alpha value is -2.88. The Balaban J connectivity index is 1.81. The van der Waals surface area contributed by atoms with Crippen molar-refractivity contribution in [2.24, 2.45) is 0 Å². The fourth-order valence-corrected chi connectivity index (χ4v) is 3.50. The molecular formula is C23H16Cl2N2O. The van der Waals surface area contributed by atoms with E-state index in [1.54, 1.807) is 18.2 Å². The number of fused-ring (bicyclic) bond motifs is 1. The van der Waals surface area contributed by atoms with Crippen molar-refractivity contribution in [1.29, 1.82) is 0 Å². The molecule has 1 N–H and O–H groups in total. The number of hydrogen-bond donors (Lipinski definition) is 1. The summed E-state index contributed by atoms with van der Waals surface area (Å²) in [6.07, 6.45) is 0. The lowest BCUT2D eigenvalue weighted by Crippen LogP contribution is -2.13. The highest BCUT2D eigenvalue weighted by Gasteiger charge is 2.15. The zero-order valence-electron chi connectivity index (χ0n) is 15.0. The van der Waals surface area contributed by atoms with Crippen LogP contribution in [0.4, 0.5) is 5.69 Å². The van der Waals surface area contributed by atoms with Crippen molar-refractivity contribution < 1.29 is 4.79 Å². The summed E-state index contributed by atoms with van der Waals surface area (Å²) in [5.74, 6) is -0.313. The fraction of sp³-hybridized carbons (Fsp3) is 0.0435. The Labute approximate surface area is 172 Å². The van der Waals surface area contributed by atoms with E-state index in [0.717, 1.165) is 22.0 Å². The maximum Gasteiger partial charge on any atom is 0.257 e. The fourth-order valence-electron chi connectivity index (χ4n) is 3.01. The molecule has 0 atom stereocenters. The van der Waals surface area contributed by atoms with Crippen LogP contribution in [-0.4, -0.2) is 10.9 Å². The third-order valence-corrected chi connectivity index (χ3v) is 5.02. The number of rotatable bonds is 3. The Kier molecular flexibility index (Phi) is 5.03. The Bertz CT molecular complexity index is 1190. The molecule has 4 rings (SSSR count). The van der Waals surface area contributed by atoms with E-state index in [4.69, 9.17) is 28.2 Å². The normalized spacial score (nSPS) is 10.8. The maximum atomic E-state index is 12.9. The number of aromatic nitrogens is 1. The first-order chi connectivity index (χ1) is 13.5. The Morgan fingerprint density at radius 3 is 2.43 bits per heavy atom. The van der Waals surface area contributed by atoms with Crippen molar-refractivity contribution in [1.82, 2.24) is 4.98 Å². The van der Waals surface area contributed by atoms with Crippen LogP contribution in [0.2, 0.25) is 10.0 Å². The number of para-hydroxylation sites is 1. The van der Waals surface area contributed by atoms with E-state index in [-0.39, 0.29) is 5.91 Å². The average Bonchev–Trinajstić information content (AvgIpc) is 2.68. The first-order valence-corrected chi connectivity index (χ1v) is 9.50. The molecule has 138 valence electrons. The van der Waals surface area contributed by atoms with Gasteiger partial charge in [-0.1, -0.05) is 71.2 Å². The highest BCUT2D eigenvalue weighted by Crippen LogP contribution is 2.31. The zero-order chi connectivity index (χ0) is 19.7. The largest absolute Gasteiger partial charge is 0.320 e. The lowest BCUT2D eigenvalue weighted by atomic mass is 10.1. The van der Waals surface area contributed by atoms with Gasteiger partial charge in [0.2, 0.25) is 0 Å². The highest BCUT2D eigenvalue weighted by molar-refractivity contribution is 6.37. The molecule has 3 aromatic carbocycles. The number of benzene rings is 3. The van der Waals surface area contributed by atoms with Crippen molar-refractivity contribution >= 4 is 45.7 Å². The summed E-state index contributed by atoms with van der Waals surface area (Å²) in [6.45, 7) is 2.03. The second kappa shape index (κ2) is 7.63. The molecule has 0 aliphatic heterocycles. The summed E-state index contributed by atoms with van der Waals surface area (Å²) in [5.41, 5.74) is 4.63. The van der Waals surface area contributed by atoms with Gasteiger partial charge < -0.3 is 5.32 Å². The molecule has 0 unspecified atom stereocenters. The summed E-state index contributed by atoms with van der Waals surface area (Å²) >= 11 is 12.1. The van der Waals surface area contributed by atoms with Crippen LogP contribution in [0, 0.1) is 6.92 Å².